The number of rotatable bonds is 3. The Kier molecular flexibility index (Phi) is 7.10. The zero-order valence-electron chi connectivity index (χ0n) is 13.7. The van der Waals surface area contributed by atoms with Gasteiger partial charge in [-0.15, -0.1) is 35.3 Å². The summed E-state index contributed by atoms with van der Waals surface area (Å²) in [6.07, 6.45) is 2.78. The van der Waals surface area contributed by atoms with Crippen LogP contribution < -0.4 is 20.1 Å². The van der Waals surface area contributed by atoms with Gasteiger partial charge in [0, 0.05) is 36.3 Å². The van der Waals surface area contributed by atoms with Gasteiger partial charge in [-0.3, -0.25) is 4.99 Å². The van der Waals surface area contributed by atoms with Crippen molar-refractivity contribution in [2.75, 3.05) is 25.6 Å². The fourth-order valence-electron chi connectivity index (χ4n) is 2.21. The zero-order chi connectivity index (χ0) is 16.1. The quantitative estimate of drug-likeness (QED) is 0.418. The number of fused-ring (bicyclic) bond motifs is 1. The van der Waals surface area contributed by atoms with E-state index in [0.29, 0.717) is 25.7 Å². The highest BCUT2D eigenvalue weighted by atomic mass is 127. The molecule has 0 bridgehead atoms. The molecular weight excluding hydrogens is 439 g/mol. The molecule has 0 amide bonds. The van der Waals surface area contributed by atoms with Gasteiger partial charge in [0.05, 0.1) is 24.8 Å². The van der Waals surface area contributed by atoms with Gasteiger partial charge in [-0.25, -0.2) is 4.98 Å². The molecule has 0 unspecified atom stereocenters. The summed E-state index contributed by atoms with van der Waals surface area (Å²) in [5.41, 5.74) is 0.905. The number of ether oxygens (including phenoxy) is 2. The van der Waals surface area contributed by atoms with E-state index in [9.17, 15) is 0 Å². The third-order valence-electron chi connectivity index (χ3n) is 3.33. The van der Waals surface area contributed by atoms with Gasteiger partial charge in [0.2, 0.25) is 0 Å². The Morgan fingerprint density at radius 2 is 2.08 bits per heavy atom. The van der Waals surface area contributed by atoms with Gasteiger partial charge < -0.3 is 20.1 Å². The highest BCUT2D eigenvalue weighted by Gasteiger charge is 2.11. The minimum absolute atomic E-state index is 0. The van der Waals surface area contributed by atoms with E-state index >= 15 is 0 Å². The van der Waals surface area contributed by atoms with Crippen LogP contribution >= 0.6 is 35.3 Å². The topological polar surface area (TPSA) is 67.8 Å². The molecule has 24 heavy (non-hydrogen) atoms. The van der Waals surface area contributed by atoms with Crippen LogP contribution in [-0.4, -0.2) is 31.2 Å². The Labute approximate surface area is 162 Å². The standard InChI is InChI=1S/C16H20N4O2S.HI/c1-11-18-9-13(23-11)10-19-16(17-2)20-12-4-5-14-15(8-12)22-7-3-6-21-14;/h4-5,8-9H,3,6-7,10H2,1-2H3,(H2,17,19,20);1H. The van der Waals surface area contributed by atoms with Crippen molar-refractivity contribution in [1.82, 2.24) is 10.3 Å². The molecule has 0 aliphatic carbocycles. The molecule has 0 saturated heterocycles. The lowest BCUT2D eigenvalue weighted by molar-refractivity contribution is 0.297. The van der Waals surface area contributed by atoms with E-state index in [4.69, 9.17) is 9.47 Å². The van der Waals surface area contributed by atoms with Gasteiger partial charge in [-0.1, -0.05) is 0 Å². The Bertz CT molecular complexity index is 705. The van der Waals surface area contributed by atoms with E-state index in [2.05, 4.69) is 20.6 Å². The first-order valence-electron chi connectivity index (χ1n) is 7.53. The summed E-state index contributed by atoms with van der Waals surface area (Å²) < 4.78 is 11.3. The molecule has 2 aromatic rings. The van der Waals surface area contributed by atoms with Crippen LogP contribution in [0.1, 0.15) is 16.3 Å². The van der Waals surface area contributed by atoms with Gasteiger partial charge in [0.15, 0.2) is 17.5 Å². The van der Waals surface area contributed by atoms with E-state index in [1.165, 1.54) is 4.88 Å². The van der Waals surface area contributed by atoms with Crippen LogP contribution in [0.5, 0.6) is 11.5 Å². The average molecular weight is 460 g/mol. The normalized spacial score (nSPS) is 13.7. The Morgan fingerprint density at radius 1 is 1.29 bits per heavy atom. The van der Waals surface area contributed by atoms with E-state index in [1.54, 1.807) is 18.4 Å². The number of hydrogen-bond donors (Lipinski definition) is 2. The maximum Gasteiger partial charge on any atom is 0.195 e. The van der Waals surface area contributed by atoms with Crippen molar-refractivity contribution in [3.8, 4) is 11.5 Å². The van der Waals surface area contributed by atoms with E-state index in [1.807, 2.05) is 31.3 Å². The number of thiazole rings is 1. The van der Waals surface area contributed by atoms with Gasteiger partial charge in [0.25, 0.3) is 0 Å². The van der Waals surface area contributed by atoms with Crippen molar-refractivity contribution in [2.24, 2.45) is 4.99 Å². The number of aromatic nitrogens is 1. The fourth-order valence-corrected chi connectivity index (χ4v) is 2.95. The number of halogens is 1. The molecule has 1 aliphatic rings. The Hall–Kier alpha value is -1.55. The van der Waals surface area contributed by atoms with Crippen molar-refractivity contribution in [3.05, 3.63) is 34.3 Å². The molecule has 0 radical (unpaired) electrons. The highest BCUT2D eigenvalue weighted by molar-refractivity contribution is 14.0. The fraction of sp³-hybridized carbons (Fsp3) is 0.375. The molecule has 0 atom stereocenters. The molecule has 3 rings (SSSR count). The average Bonchev–Trinajstić information content (AvgIpc) is 2.83. The third-order valence-corrected chi connectivity index (χ3v) is 4.25. The minimum Gasteiger partial charge on any atom is -0.490 e. The summed E-state index contributed by atoms with van der Waals surface area (Å²) >= 11 is 1.67. The number of nitrogens with zero attached hydrogens (tertiary/aromatic N) is 2. The summed E-state index contributed by atoms with van der Waals surface area (Å²) in [7, 11) is 1.75. The summed E-state index contributed by atoms with van der Waals surface area (Å²) in [4.78, 5) is 9.66. The summed E-state index contributed by atoms with van der Waals surface area (Å²) in [5.74, 6) is 2.25. The SMILES string of the molecule is CN=C(NCc1cnc(C)s1)Nc1ccc2c(c1)OCCCO2.I. The molecule has 8 heteroatoms. The summed E-state index contributed by atoms with van der Waals surface area (Å²) in [5, 5.41) is 7.60. The zero-order valence-corrected chi connectivity index (χ0v) is 16.8. The van der Waals surface area contributed by atoms with E-state index in [0.717, 1.165) is 28.6 Å². The second-order valence-corrected chi connectivity index (χ2v) is 6.43. The number of anilines is 1. The third kappa shape index (κ3) is 4.97. The first kappa shape index (κ1) is 18.8. The van der Waals surface area contributed by atoms with Crippen LogP contribution in [0.25, 0.3) is 0 Å². The van der Waals surface area contributed by atoms with Crippen molar-refractivity contribution < 1.29 is 9.47 Å². The van der Waals surface area contributed by atoms with Gasteiger partial charge >= 0.3 is 0 Å². The van der Waals surface area contributed by atoms with Crippen LogP contribution in [0.4, 0.5) is 5.69 Å². The van der Waals surface area contributed by atoms with Crippen LogP contribution in [0.2, 0.25) is 0 Å². The van der Waals surface area contributed by atoms with Gasteiger partial charge in [0.1, 0.15) is 0 Å². The summed E-state index contributed by atoms with van der Waals surface area (Å²) in [6, 6.07) is 5.81. The van der Waals surface area contributed by atoms with Crippen molar-refractivity contribution in [3.63, 3.8) is 0 Å². The summed E-state index contributed by atoms with van der Waals surface area (Å²) in [6.45, 7) is 4.06. The molecule has 130 valence electrons. The second-order valence-electron chi connectivity index (χ2n) is 5.11. The lowest BCUT2D eigenvalue weighted by Gasteiger charge is -2.13. The minimum atomic E-state index is 0. The van der Waals surface area contributed by atoms with E-state index < -0.39 is 0 Å². The van der Waals surface area contributed by atoms with Crippen LogP contribution in [-0.2, 0) is 6.54 Å². The first-order valence-corrected chi connectivity index (χ1v) is 8.35. The molecule has 1 aromatic heterocycles. The largest absolute Gasteiger partial charge is 0.490 e. The highest BCUT2D eigenvalue weighted by Crippen LogP contribution is 2.32. The van der Waals surface area contributed by atoms with Crippen LogP contribution in [0, 0.1) is 6.92 Å². The molecule has 2 heterocycles. The number of benzene rings is 1. The van der Waals surface area contributed by atoms with Crippen LogP contribution in [0.15, 0.2) is 29.4 Å². The van der Waals surface area contributed by atoms with Crippen LogP contribution in [0.3, 0.4) is 0 Å². The monoisotopic (exact) mass is 460 g/mol. The van der Waals surface area contributed by atoms with Gasteiger partial charge in [-0.2, -0.15) is 0 Å². The molecule has 1 aliphatic heterocycles. The van der Waals surface area contributed by atoms with Crippen molar-refractivity contribution in [1.29, 1.82) is 0 Å². The molecule has 0 saturated carbocycles. The second kappa shape index (κ2) is 9.07. The first-order chi connectivity index (χ1) is 11.2. The maximum atomic E-state index is 5.70. The Morgan fingerprint density at radius 3 is 2.79 bits per heavy atom. The van der Waals surface area contributed by atoms with Crippen molar-refractivity contribution in [2.45, 2.75) is 19.9 Å². The Balaban J connectivity index is 0.00000208. The number of aryl methyl sites for hydroxylation is 1. The lowest BCUT2D eigenvalue weighted by atomic mass is 10.3. The maximum absolute atomic E-state index is 5.70. The number of guanidine groups is 1. The number of nitrogens with one attached hydrogen (secondary N) is 2. The molecule has 6 nitrogen and oxygen atoms in total. The molecule has 1 aromatic carbocycles. The number of hydrogen-bond acceptors (Lipinski definition) is 5. The lowest BCUT2D eigenvalue weighted by Crippen LogP contribution is -2.29. The molecule has 0 spiro atoms. The number of aliphatic imine (C=N–C) groups is 1. The molecule has 2 N–H and O–H groups in total. The predicted octanol–water partition coefficient (Wildman–Crippen LogP) is 3.42. The van der Waals surface area contributed by atoms with E-state index in [-0.39, 0.29) is 24.0 Å². The molecule has 0 fully saturated rings. The van der Waals surface area contributed by atoms with Gasteiger partial charge in [-0.05, 0) is 19.1 Å². The predicted molar refractivity (Wildman–Crippen MR) is 108 cm³/mol. The molecular formula is C16H21IN4O2S. The van der Waals surface area contributed by atoms with Crippen molar-refractivity contribution >= 4 is 47.0 Å². The smallest absolute Gasteiger partial charge is 0.195 e.